The van der Waals surface area contributed by atoms with Crippen molar-refractivity contribution in [3.8, 4) is 0 Å². The van der Waals surface area contributed by atoms with E-state index >= 15 is 0 Å². The van der Waals surface area contributed by atoms with Crippen LogP contribution >= 0.6 is 11.6 Å². The molecule has 0 radical (unpaired) electrons. The van der Waals surface area contributed by atoms with Gasteiger partial charge in [0.15, 0.2) is 0 Å². The summed E-state index contributed by atoms with van der Waals surface area (Å²) in [5.41, 5.74) is 0.560. The molecule has 4 nitrogen and oxygen atoms in total. The Hall–Kier alpha value is -1.10. The molecule has 1 N–H and O–H groups in total. The maximum Gasteiger partial charge on any atom is 0.252 e. The minimum absolute atomic E-state index is 0.0720. The Balaban J connectivity index is 1.43. The molecule has 3 rings (SSSR count). The summed E-state index contributed by atoms with van der Waals surface area (Å²) in [5.74, 6) is 0.488. The van der Waals surface area contributed by atoms with Crippen LogP contribution in [0.4, 0.5) is 0 Å². The van der Waals surface area contributed by atoms with Gasteiger partial charge in [-0.1, -0.05) is 23.7 Å². The molecule has 1 unspecified atom stereocenters. The number of ether oxygens (including phenoxy) is 1. The molecule has 2 aliphatic heterocycles. The standard InChI is InChI=1S/C17H23ClN2O2/c18-16-4-2-1-3-15(16)17(21)19-11-13-5-8-20(9-6-13)14-7-10-22-12-14/h1-4,13-14H,5-12H2,(H,19,21). The Morgan fingerprint density at radius 2 is 2.05 bits per heavy atom. The van der Waals surface area contributed by atoms with Crippen molar-refractivity contribution in [1.82, 2.24) is 10.2 Å². The predicted molar refractivity (Wildman–Crippen MR) is 87.3 cm³/mol. The summed E-state index contributed by atoms with van der Waals surface area (Å²) >= 11 is 6.05. The van der Waals surface area contributed by atoms with Crippen LogP contribution in [0.15, 0.2) is 24.3 Å². The van der Waals surface area contributed by atoms with Crippen LogP contribution in [0.2, 0.25) is 5.02 Å². The number of nitrogens with one attached hydrogen (secondary N) is 1. The summed E-state index contributed by atoms with van der Waals surface area (Å²) in [6.07, 6.45) is 3.44. The van der Waals surface area contributed by atoms with Gasteiger partial charge < -0.3 is 10.1 Å². The molecule has 5 heteroatoms. The van der Waals surface area contributed by atoms with E-state index in [1.165, 1.54) is 0 Å². The van der Waals surface area contributed by atoms with Crippen LogP contribution in [0, 0.1) is 5.92 Å². The van der Waals surface area contributed by atoms with Crippen LogP contribution in [0.25, 0.3) is 0 Å². The van der Waals surface area contributed by atoms with Gasteiger partial charge in [0.05, 0.1) is 17.2 Å². The highest BCUT2D eigenvalue weighted by Crippen LogP contribution is 2.22. The average Bonchev–Trinajstić information content (AvgIpc) is 3.08. The molecule has 2 heterocycles. The molecule has 22 heavy (non-hydrogen) atoms. The van der Waals surface area contributed by atoms with Crippen molar-refractivity contribution in [2.24, 2.45) is 5.92 Å². The summed E-state index contributed by atoms with van der Waals surface area (Å²) in [7, 11) is 0. The second-order valence-electron chi connectivity index (χ2n) is 6.19. The lowest BCUT2D eigenvalue weighted by atomic mass is 9.95. The molecular formula is C17H23ClN2O2. The van der Waals surface area contributed by atoms with Gasteiger partial charge in [0.25, 0.3) is 5.91 Å². The first kappa shape index (κ1) is 15.8. The zero-order valence-electron chi connectivity index (χ0n) is 12.8. The summed E-state index contributed by atoms with van der Waals surface area (Å²) < 4.78 is 5.47. The molecule has 0 aliphatic carbocycles. The number of hydrogen-bond donors (Lipinski definition) is 1. The first-order valence-corrected chi connectivity index (χ1v) is 8.46. The maximum absolute atomic E-state index is 12.2. The van der Waals surface area contributed by atoms with Crippen molar-refractivity contribution in [3.05, 3.63) is 34.9 Å². The molecule has 1 atom stereocenters. The number of halogens is 1. The van der Waals surface area contributed by atoms with Crippen LogP contribution in [0.5, 0.6) is 0 Å². The zero-order valence-corrected chi connectivity index (χ0v) is 13.5. The van der Waals surface area contributed by atoms with E-state index in [-0.39, 0.29) is 5.91 Å². The van der Waals surface area contributed by atoms with E-state index in [2.05, 4.69) is 10.2 Å². The normalized spacial score (nSPS) is 23.6. The number of amides is 1. The Kier molecular flexibility index (Phi) is 5.34. The van der Waals surface area contributed by atoms with E-state index in [1.54, 1.807) is 12.1 Å². The minimum atomic E-state index is -0.0720. The molecule has 0 bridgehead atoms. The molecule has 1 amide bonds. The SMILES string of the molecule is O=C(NCC1CCN(C2CCOC2)CC1)c1ccccc1Cl. The molecule has 120 valence electrons. The molecule has 1 aromatic rings. The van der Waals surface area contributed by atoms with E-state index in [4.69, 9.17) is 16.3 Å². The topological polar surface area (TPSA) is 41.6 Å². The third-order valence-corrected chi connectivity index (χ3v) is 5.07. The highest BCUT2D eigenvalue weighted by Gasteiger charge is 2.27. The number of carbonyl (C=O) groups excluding carboxylic acids is 1. The Morgan fingerprint density at radius 1 is 1.27 bits per heavy atom. The number of nitrogens with zero attached hydrogens (tertiary/aromatic N) is 1. The van der Waals surface area contributed by atoms with Gasteiger partial charge in [-0.15, -0.1) is 0 Å². The van der Waals surface area contributed by atoms with Crippen molar-refractivity contribution in [2.75, 3.05) is 32.8 Å². The van der Waals surface area contributed by atoms with Crippen LogP contribution in [-0.4, -0.2) is 49.7 Å². The minimum Gasteiger partial charge on any atom is -0.380 e. The molecule has 0 spiro atoms. The van der Waals surface area contributed by atoms with Crippen molar-refractivity contribution in [1.29, 1.82) is 0 Å². The molecular weight excluding hydrogens is 300 g/mol. The predicted octanol–water partition coefficient (Wildman–Crippen LogP) is 2.57. The summed E-state index contributed by atoms with van der Waals surface area (Å²) in [4.78, 5) is 14.7. The van der Waals surface area contributed by atoms with Crippen LogP contribution in [0.3, 0.4) is 0 Å². The average molecular weight is 323 g/mol. The Bertz CT molecular complexity index is 509. The second kappa shape index (κ2) is 7.44. The lowest BCUT2D eigenvalue weighted by Crippen LogP contribution is -2.44. The Morgan fingerprint density at radius 3 is 2.73 bits per heavy atom. The number of piperidine rings is 1. The number of likely N-dealkylation sites (tertiary alicyclic amines) is 1. The molecule has 2 fully saturated rings. The van der Waals surface area contributed by atoms with Crippen LogP contribution in [-0.2, 0) is 4.74 Å². The molecule has 0 saturated carbocycles. The van der Waals surface area contributed by atoms with E-state index in [1.807, 2.05) is 12.1 Å². The summed E-state index contributed by atoms with van der Waals surface area (Å²) in [6, 6.07) is 7.79. The highest BCUT2D eigenvalue weighted by atomic mass is 35.5. The maximum atomic E-state index is 12.2. The summed E-state index contributed by atoms with van der Waals surface area (Å²) in [6.45, 7) is 4.74. The molecule has 0 aromatic heterocycles. The van der Waals surface area contributed by atoms with E-state index < -0.39 is 0 Å². The van der Waals surface area contributed by atoms with Crippen molar-refractivity contribution in [2.45, 2.75) is 25.3 Å². The van der Waals surface area contributed by atoms with E-state index in [9.17, 15) is 4.79 Å². The van der Waals surface area contributed by atoms with Gasteiger partial charge >= 0.3 is 0 Å². The van der Waals surface area contributed by atoms with Crippen molar-refractivity contribution < 1.29 is 9.53 Å². The van der Waals surface area contributed by atoms with Gasteiger partial charge in [0.2, 0.25) is 0 Å². The quantitative estimate of drug-likeness (QED) is 0.926. The number of hydrogen-bond acceptors (Lipinski definition) is 3. The largest absolute Gasteiger partial charge is 0.380 e. The fourth-order valence-corrected chi connectivity index (χ4v) is 3.53. The number of carbonyl (C=O) groups is 1. The third kappa shape index (κ3) is 3.80. The smallest absolute Gasteiger partial charge is 0.252 e. The first-order chi connectivity index (χ1) is 10.7. The van der Waals surface area contributed by atoms with Gasteiger partial charge in [0, 0.05) is 19.2 Å². The van der Waals surface area contributed by atoms with Gasteiger partial charge in [-0.3, -0.25) is 9.69 Å². The van der Waals surface area contributed by atoms with E-state index in [0.717, 1.165) is 52.1 Å². The zero-order chi connectivity index (χ0) is 15.4. The lowest BCUT2D eigenvalue weighted by Gasteiger charge is -2.35. The monoisotopic (exact) mass is 322 g/mol. The van der Waals surface area contributed by atoms with Crippen molar-refractivity contribution >= 4 is 17.5 Å². The summed E-state index contributed by atoms with van der Waals surface area (Å²) in [5, 5.41) is 3.54. The molecule has 2 aliphatic rings. The fraction of sp³-hybridized carbons (Fsp3) is 0.588. The van der Waals surface area contributed by atoms with E-state index in [0.29, 0.717) is 22.5 Å². The van der Waals surface area contributed by atoms with Gasteiger partial charge in [-0.25, -0.2) is 0 Å². The first-order valence-electron chi connectivity index (χ1n) is 8.08. The Labute approximate surface area is 136 Å². The molecule has 1 aromatic carbocycles. The van der Waals surface area contributed by atoms with Gasteiger partial charge in [0.1, 0.15) is 0 Å². The molecule has 2 saturated heterocycles. The number of benzene rings is 1. The lowest BCUT2D eigenvalue weighted by molar-refractivity contribution is 0.0911. The van der Waals surface area contributed by atoms with Crippen LogP contribution < -0.4 is 5.32 Å². The number of rotatable bonds is 4. The fourth-order valence-electron chi connectivity index (χ4n) is 3.31. The van der Waals surface area contributed by atoms with Gasteiger partial charge in [-0.05, 0) is 50.4 Å². The van der Waals surface area contributed by atoms with Crippen LogP contribution in [0.1, 0.15) is 29.6 Å². The highest BCUT2D eigenvalue weighted by molar-refractivity contribution is 6.33. The second-order valence-corrected chi connectivity index (χ2v) is 6.59. The third-order valence-electron chi connectivity index (χ3n) is 4.74. The van der Waals surface area contributed by atoms with Gasteiger partial charge in [-0.2, -0.15) is 0 Å². The van der Waals surface area contributed by atoms with Crippen molar-refractivity contribution in [3.63, 3.8) is 0 Å².